The van der Waals surface area contributed by atoms with Gasteiger partial charge >= 0.3 is 6.09 Å². The fraction of sp³-hybridized carbons (Fsp3) is 0.533. The fourth-order valence-corrected chi connectivity index (χ4v) is 2.56. The highest BCUT2D eigenvalue weighted by Gasteiger charge is 2.36. The normalized spacial score (nSPS) is 18.2. The number of carbonyl (C=O) groups excluding carboxylic acids is 2. The molecule has 2 amide bonds. The van der Waals surface area contributed by atoms with E-state index in [0.29, 0.717) is 18.8 Å². The fourth-order valence-electron chi connectivity index (χ4n) is 2.24. The van der Waals surface area contributed by atoms with E-state index in [-0.39, 0.29) is 5.91 Å². The van der Waals surface area contributed by atoms with Crippen molar-refractivity contribution in [1.82, 2.24) is 9.88 Å². The Hall–Kier alpha value is -1.38. The molecular formula is C15H20IN3O3. The van der Waals surface area contributed by atoms with Gasteiger partial charge in [-0.15, -0.1) is 0 Å². The molecule has 6 nitrogen and oxygen atoms in total. The first-order chi connectivity index (χ1) is 10.3. The number of hydrogen-bond donors (Lipinski definition) is 1. The molecule has 1 aromatic rings. The van der Waals surface area contributed by atoms with Crippen molar-refractivity contribution < 1.29 is 14.3 Å². The van der Waals surface area contributed by atoms with Crippen LogP contribution in [0.4, 0.5) is 10.6 Å². The molecule has 0 bridgehead atoms. The van der Waals surface area contributed by atoms with E-state index in [1.165, 1.54) is 4.90 Å². The van der Waals surface area contributed by atoms with Gasteiger partial charge in [0.25, 0.3) is 0 Å². The van der Waals surface area contributed by atoms with Crippen LogP contribution < -0.4 is 5.32 Å². The molecule has 1 saturated heterocycles. The second kappa shape index (κ2) is 6.80. The number of halogens is 1. The van der Waals surface area contributed by atoms with Gasteiger partial charge < -0.3 is 10.1 Å². The van der Waals surface area contributed by atoms with Crippen LogP contribution in [0.2, 0.25) is 0 Å². The average molecular weight is 417 g/mol. The molecule has 0 radical (unpaired) electrons. The Morgan fingerprint density at radius 1 is 1.41 bits per heavy atom. The van der Waals surface area contributed by atoms with E-state index in [0.717, 1.165) is 9.99 Å². The SMILES string of the molecule is CC(C)(C)OC(=O)N1CCC[C@H]1C(=O)Nc1ccc(I)cn1. The minimum absolute atomic E-state index is 0.225. The molecule has 1 aliphatic heterocycles. The molecule has 7 heteroatoms. The van der Waals surface area contributed by atoms with E-state index >= 15 is 0 Å². The summed E-state index contributed by atoms with van der Waals surface area (Å²) in [6.45, 7) is 5.97. The van der Waals surface area contributed by atoms with Crippen LogP contribution in [-0.4, -0.2) is 40.1 Å². The molecule has 0 unspecified atom stereocenters. The minimum Gasteiger partial charge on any atom is -0.444 e. The summed E-state index contributed by atoms with van der Waals surface area (Å²) >= 11 is 2.15. The zero-order valence-electron chi connectivity index (χ0n) is 12.9. The maximum atomic E-state index is 12.4. The molecule has 0 aliphatic carbocycles. The first-order valence-electron chi connectivity index (χ1n) is 7.18. The third kappa shape index (κ3) is 4.56. The molecule has 1 N–H and O–H groups in total. The number of amides is 2. The number of pyridine rings is 1. The lowest BCUT2D eigenvalue weighted by atomic mass is 10.2. The Balaban J connectivity index is 2.01. The van der Waals surface area contributed by atoms with Crippen molar-refractivity contribution in [2.75, 3.05) is 11.9 Å². The van der Waals surface area contributed by atoms with Crippen LogP contribution in [0.5, 0.6) is 0 Å². The molecule has 0 aromatic carbocycles. The van der Waals surface area contributed by atoms with Gasteiger partial charge in [-0.3, -0.25) is 9.69 Å². The number of carbonyl (C=O) groups is 2. The van der Waals surface area contributed by atoms with Crippen LogP contribution in [0.15, 0.2) is 18.3 Å². The highest BCUT2D eigenvalue weighted by atomic mass is 127. The molecule has 1 fully saturated rings. The summed E-state index contributed by atoms with van der Waals surface area (Å²) in [4.78, 5) is 30.2. The predicted octanol–water partition coefficient (Wildman–Crippen LogP) is 3.02. The first kappa shape index (κ1) is 17.0. The number of anilines is 1. The van der Waals surface area contributed by atoms with Crippen LogP contribution in [0.3, 0.4) is 0 Å². The third-order valence-corrected chi connectivity index (χ3v) is 3.80. The maximum Gasteiger partial charge on any atom is 0.410 e. The van der Waals surface area contributed by atoms with Crippen molar-refractivity contribution in [2.45, 2.75) is 45.3 Å². The zero-order chi connectivity index (χ0) is 16.3. The van der Waals surface area contributed by atoms with Crippen LogP contribution in [0, 0.1) is 3.57 Å². The molecule has 120 valence electrons. The summed E-state index contributed by atoms with van der Waals surface area (Å²) < 4.78 is 6.35. The monoisotopic (exact) mass is 417 g/mol. The standard InChI is InChI=1S/C15H20IN3O3/c1-15(2,3)22-14(21)19-8-4-5-11(19)13(20)18-12-7-6-10(16)9-17-12/h6-7,9,11H,4-5,8H2,1-3H3,(H,17,18,20)/t11-/m0/s1. The topological polar surface area (TPSA) is 71.5 Å². The number of ether oxygens (including phenoxy) is 1. The van der Waals surface area contributed by atoms with Crippen LogP contribution in [0.1, 0.15) is 33.6 Å². The van der Waals surface area contributed by atoms with Gasteiger partial charge in [0, 0.05) is 16.3 Å². The van der Waals surface area contributed by atoms with Crippen molar-refractivity contribution in [3.63, 3.8) is 0 Å². The van der Waals surface area contributed by atoms with Gasteiger partial charge in [0.1, 0.15) is 17.5 Å². The molecular weight excluding hydrogens is 397 g/mol. The predicted molar refractivity (Wildman–Crippen MR) is 91.5 cm³/mol. The third-order valence-electron chi connectivity index (χ3n) is 3.16. The Kier molecular flexibility index (Phi) is 5.25. The van der Waals surface area contributed by atoms with Crippen molar-refractivity contribution in [1.29, 1.82) is 0 Å². The Morgan fingerprint density at radius 3 is 2.73 bits per heavy atom. The summed E-state index contributed by atoms with van der Waals surface area (Å²) in [5.74, 6) is 0.263. The largest absolute Gasteiger partial charge is 0.444 e. The lowest BCUT2D eigenvalue weighted by Crippen LogP contribution is -2.45. The van der Waals surface area contributed by atoms with E-state index in [9.17, 15) is 9.59 Å². The summed E-state index contributed by atoms with van der Waals surface area (Å²) in [6.07, 6.45) is 2.66. The molecule has 2 heterocycles. The molecule has 2 rings (SSSR count). The molecule has 1 aliphatic rings. The highest BCUT2D eigenvalue weighted by molar-refractivity contribution is 14.1. The smallest absolute Gasteiger partial charge is 0.410 e. The van der Waals surface area contributed by atoms with E-state index in [2.05, 4.69) is 32.9 Å². The van der Waals surface area contributed by atoms with Crippen molar-refractivity contribution in [3.8, 4) is 0 Å². The zero-order valence-corrected chi connectivity index (χ0v) is 15.1. The van der Waals surface area contributed by atoms with Crippen LogP contribution in [0.25, 0.3) is 0 Å². The van der Waals surface area contributed by atoms with Gasteiger partial charge in [-0.2, -0.15) is 0 Å². The molecule has 0 saturated carbocycles. The minimum atomic E-state index is -0.571. The average Bonchev–Trinajstić information content (AvgIpc) is 2.89. The molecule has 1 atom stereocenters. The second-order valence-electron chi connectivity index (χ2n) is 6.18. The Morgan fingerprint density at radius 2 is 2.14 bits per heavy atom. The molecule has 0 spiro atoms. The van der Waals surface area contributed by atoms with Crippen LogP contribution in [-0.2, 0) is 9.53 Å². The van der Waals surface area contributed by atoms with Crippen molar-refractivity contribution >= 4 is 40.4 Å². The lowest BCUT2D eigenvalue weighted by Gasteiger charge is -2.27. The molecule has 22 heavy (non-hydrogen) atoms. The van der Waals surface area contributed by atoms with Crippen LogP contribution >= 0.6 is 22.6 Å². The van der Waals surface area contributed by atoms with E-state index in [4.69, 9.17) is 4.74 Å². The number of likely N-dealkylation sites (tertiary alicyclic amines) is 1. The van der Waals surface area contributed by atoms with Gasteiger partial charge in [0.2, 0.25) is 5.91 Å². The van der Waals surface area contributed by atoms with E-state index < -0.39 is 17.7 Å². The van der Waals surface area contributed by atoms with Gasteiger partial charge in [-0.05, 0) is 68.3 Å². The number of rotatable bonds is 2. The summed E-state index contributed by atoms with van der Waals surface area (Å²) in [5.41, 5.74) is -0.571. The summed E-state index contributed by atoms with van der Waals surface area (Å²) in [6, 6.07) is 3.10. The second-order valence-corrected chi connectivity index (χ2v) is 7.43. The lowest BCUT2D eigenvalue weighted by molar-refractivity contribution is -0.120. The van der Waals surface area contributed by atoms with Crippen molar-refractivity contribution in [3.05, 3.63) is 21.9 Å². The highest BCUT2D eigenvalue weighted by Crippen LogP contribution is 2.22. The first-order valence-corrected chi connectivity index (χ1v) is 8.26. The van der Waals surface area contributed by atoms with Gasteiger partial charge in [-0.25, -0.2) is 9.78 Å². The molecule has 1 aromatic heterocycles. The van der Waals surface area contributed by atoms with Gasteiger partial charge in [0.15, 0.2) is 0 Å². The number of aromatic nitrogens is 1. The Labute approximate surface area is 143 Å². The van der Waals surface area contributed by atoms with Gasteiger partial charge in [-0.1, -0.05) is 0 Å². The van der Waals surface area contributed by atoms with E-state index in [1.807, 2.05) is 26.8 Å². The summed E-state index contributed by atoms with van der Waals surface area (Å²) in [5, 5.41) is 2.76. The maximum absolute atomic E-state index is 12.4. The quantitative estimate of drug-likeness (QED) is 0.752. The Bertz CT molecular complexity index is 554. The summed E-state index contributed by atoms with van der Waals surface area (Å²) in [7, 11) is 0. The van der Waals surface area contributed by atoms with Gasteiger partial charge in [0.05, 0.1) is 0 Å². The van der Waals surface area contributed by atoms with Crippen molar-refractivity contribution in [2.24, 2.45) is 0 Å². The number of nitrogens with one attached hydrogen (secondary N) is 1. The number of hydrogen-bond acceptors (Lipinski definition) is 4. The number of nitrogens with zero attached hydrogens (tertiary/aromatic N) is 2. The van der Waals surface area contributed by atoms with E-state index in [1.54, 1.807) is 12.3 Å².